The summed E-state index contributed by atoms with van der Waals surface area (Å²) in [4.78, 5) is 13.4. The van der Waals surface area contributed by atoms with Gasteiger partial charge in [0, 0.05) is 13.1 Å². The number of hydrogen-bond donors (Lipinski definition) is 1. The topological polar surface area (TPSA) is 40.5 Å². The third-order valence-corrected chi connectivity index (χ3v) is 3.35. The zero-order chi connectivity index (χ0) is 11.7. The number of nitrogens with zero attached hydrogens (tertiary/aromatic N) is 1. The molecule has 0 radical (unpaired) electrons. The van der Waals surface area contributed by atoms with Crippen molar-refractivity contribution < 1.29 is 9.90 Å². The summed E-state index contributed by atoms with van der Waals surface area (Å²) >= 11 is 0. The molecule has 1 N–H and O–H groups in total. The largest absolute Gasteiger partial charge is 0.478 e. The Labute approximate surface area is 95.7 Å². The van der Waals surface area contributed by atoms with Gasteiger partial charge in [-0.25, -0.2) is 4.79 Å². The van der Waals surface area contributed by atoms with Gasteiger partial charge >= 0.3 is 5.97 Å². The molecule has 1 saturated heterocycles. The second-order valence-corrected chi connectivity index (χ2v) is 4.40. The average Bonchev–Trinajstić information content (AvgIpc) is 2.74. The van der Waals surface area contributed by atoms with E-state index in [0.29, 0.717) is 5.56 Å². The molecule has 0 unspecified atom stereocenters. The lowest BCUT2D eigenvalue weighted by molar-refractivity contribution is 0.0697. The van der Waals surface area contributed by atoms with Gasteiger partial charge in [0.1, 0.15) is 0 Å². The molecule has 0 amide bonds. The van der Waals surface area contributed by atoms with Gasteiger partial charge < -0.3 is 10.0 Å². The van der Waals surface area contributed by atoms with E-state index in [1.807, 2.05) is 19.9 Å². The van der Waals surface area contributed by atoms with E-state index < -0.39 is 5.97 Å². The van der Waals surface area contributed by atoms with E-state index in [0.717, 1.165) is 42.7 Å². The van der Waals surface area contributed by atoms with Gasteiger partial charge in [-0.2, -0.15) is 0 Å². The lowest BCUT2D eigenvalue weighted by atomic mass is 10.0. The number of aryl methyl sites for hydroxylation is 1. The monoisotopic (exact) mass is 219 g/mol. The fraction of sp³-hybridized carbons (Fsp3) is 0.462. The number of benzene rings is 1. The van der Waals surface area contributed by atoms with Gasteiger partial charge in [-0.15, -0.1) is 0 Å². The van der Waals surface area contributed by atoms with Crippen LogP contribution in [0.2, 0.25) is 0 Å². The Morgan fingerprint density at radius 1 is 1.25 bits per heavy atom. The number of aromatic carboxylic acids is 1. The molecule has 1 aliphatic heterocycles. The maximum absolute atomic E-state index is 11.2. The van der Waals surface area contributed by atoms with Crippen molar-refractivity contribution in [3.63, 3.8) is 0 Å². The van der Waals surface area contributed by atoms with Crippen LogP contribution in [0.3, 0.4) is 0 Å². The Morgan fingerprint density at radius 2 is 1.88 bits per heavy atom. The highest BCUT2D eigenvalue weighted by atomic mass is 16.4. The van der Waals surface area contributed by atoms with Crippen molar-refractivity contribution >= 4 is 11.7 Å². The van der Waals surface area contributed by atoms with Crippen molar-refractivity contribution in [2.75, 3.05) is 18.0 Å². The van der Waals surface area contributed by atoms with Gasteiger partial charge in [0.05, 0.1) is 11.3 Å². The van der Waals surface area contributed by atoms with Crippen molar-refractivity contribution in [3.05, 3.63) is 28.8 Å². The first kappa shape index (κ1) is 11.0. The van der Waals surface area contributed by atoms with E-state index in [2.05, 4.69) is 4.90 Å². The number of carboxylic acid groups (broad SMARTS) is 1. The molecule has 0 aromatic heterocycles. The molecule has 86 valence electrons. The molecule has 3 nitrogen and oxygen atoms in total. The summed E-state index contributed by atoms with van der Waals surface area (Å²) in [7, 11) is 0. The maximum atomic E-state index is 11.2. The predicted molar refractivity (Wildman–Crippen MR) is 64.3 cm³/mol. The van der Waals surface area contributed by atoms with Crippen LogP contribution in [0, 0.1) is 13.8 Å². The molecule has 0 bridgehead atoms. The second kappa shape index (κ2) is 4.16. The van der Waals surface area contributed by atoms with Gasteiger partial charge in [-0.05, 0) is 43.9 Å². The molecular weight excluding hydrogens is 202 g/mol. The van der Waals surface area contributed by atoms with Crippen LogP contribution in [0.15, 0.2) is 12.1 Å². The van der Waals surface area contributed by atoms with E-state index in [4.69, 9.17) is 0 Å². The Kier molecular flexibility index (Phi) is 2.86. The minimum atomic E-state index is -0.829. The first-order chi connectivity index (χ1) is 7.61. The molecule has 16 heavy (non-hydrogen) atoms. The molecule has 0 spiro atoms. The van der Waals surface area contributed by atoms with Crippen LogP contribution in [0.5, 0.6) is 0 Å². The molecule has 1 fully saturated rings. The normalized spacial score (nSPS) is 15.5. The number of carbonyl (C=O) groups is 1. The highest BCUT2D eigenvalue weighted by Gasteiger charge is 2.21. The first-order valence-electron chi connectivity index (χ1n) is 5.69. The van der Waals surface area contributed by atoms with Crippen molar-refractivity contribution in [2.45, 2.75) is 26.7 Å². The Balaban J connectivity index is 2.53. The van der Waals surface area contributed by atoms with E-state index in [9.17, 15) is 9.90 Å². The van der Waals surface area contributed by atoms with Crippen LogP contribution in [0.4, 0.5) is 5.69 Å². The van der Waals surface area contributed by atoms with Crippen LogP contribution in [0.1, 0.15) is 34.3 Å². The van der Waals surface area contributed by atoms with Gasteiger partial charge in [0.15, 0.2) is 0 Å². The Hall–Kier alpha value is -1.51. The average molecular weight is 219 g/mol. The molecule has 3 heteroatoms. The van der Waals surface area contributed by atoms with Crippen molar-refractivity contribution in [2.24, 2.45) is 0 Å². The van der Waals surface area contributed by atoms with Gasteiger partial charge in [0.25, 0.3) is 0 Å². The zero-order valence-electron chi connectivity index (χ0n) is 9.79. The second-order valence-electron chi connectivity index (χ2n) is 4.40. The quantitative estimate of drug-likeness (QED) is 0.831. The molecule has 1 aromatic rings. The lowest BCUT2D eigenvalue weighted by Crippen LogP contribution is -2.22. The molecule has 0 atom stereocenters. The third kappa shape index (κ3) is 1.77. The fourth-order valence-corrected chi connectivity index (χ4v) is 2.32. The maximum Gasteiger partial charge on any atom is 0.337 e. The summed E-state index contributed by atoms with van der Waals surface area (Å²) in [6.07, 6.45) is 2.32. The number of anilines is 1. The number of carboxylic acids is 1. The van der Waals surface area contributed by atoms with Crippen LogP contribution >= 0.6 is 0 Å². The minimum absolute atomic E-state index is 0.435. The number of hydrogen-bond acceptors (Lipinski definition) is 2. The van der Waals surface area contributed by atoms with E-state index >= 15 is 0 Å². The number of rotatable bonds is 2. The molecule has 1 aliphatic rings. The molecule has 0 saturated carbocycles. The van der Waals surface area contributed by atoms with Gasteiger partial charge in [0.2, 0.25) is 0 Å². The molecular formula is C13H17NO2. The van der Waals surface area contributed by atoms with Crippen LogP contribution < -0.4 is 4.90 Å². The summed E-state index contributed by atoms with van der Waals surface area (Å²) in [5.74, 6) is -0.829. The first-order valence-corrected chi connectivity index (χ1v) is 5.69. The summed E-state index contributed by atoms with van der Waals surface area (Å²) in [6.45, 7) is 5.99. The smallest absolute Gasteiger partial charge is 0.337 e. The Bertz CT molecular complexity index is 420. The molecule has 0 aliphatic carbocycles. The van der Waals surface area contributed by atoms with Crippen molar-refractivity contribution in [3.8, 4) is 0 Å². The molecule has 1 heterocycles. The zero-order valence-corrected chi connectivity index (χ0v) is 9.79. The highest BCUT2D eigenvalue weighted by molar-refractivity contribution is 5.95. The fourth-order valence-electron chi connectivity index (χ4n) is 2.32. The van der Waals surface area contributed by atoms with Gasteiger partial charge in [-0.3, -0.25) is 0 Å². The van der Waals surface area contributed by atoms with E-state index in [1.54, 1.807) is 6.07 Å². The molecule has 2 rings (SSSR count). The SMILES string of the molecule is Cc1ccc(C(=O)O)c(N2CCCC2)c1C. The van der Waals surface area contributed by atoms with Gasteiger partial charge in [-0.1, -0.05) is 6.07 Å². The molecule has 1 aromatic carbocycles. The van der Waals surface area contributed by atoms with E-state index in [-0.39, 0.29) is 0 Å². The third-order valence-electron chi connectivity index (χ3n) is 3.35. The van der Waals surface area contributed by atoms with Crippen LogP contribution in [-0.4, -0.2) is 24.2 Å². The van der Waals surface area contributed by atoms with Crippen molar-refractivity contribution in [1.82, 2.24) is 0 Å². The summed E-state index contributed by atoms with van der Waals surface area (Å²) in [5, 5.41) is 9.21. The van der Waals surface area contributed by atoms with Crippen molar-refractivity contribution in [1.29, 1.82) is 0 Å². The summed E-state index contributed by atoms with van der Waals surface area (Å²) in [5.41, 5.74) is 3.61. The van der Waals surface area contributed by atoms with E-state index in [1.165, 1.54) is 0 Å². The van der Waals surface area contributed by atoms with Crippen LogP contribution in [-0.2, 0) is 0 Å². The van der Waals surface area contributed by atoms with Crippen LogP contribution in [0.25, 0.3) is 0 Å². The summed E-state index contributed by atoms with van der Waals surface area (Å²) in [6, 6.07) is 3.61. The predicted octanol–water partition coefficient (Wildman–Crippen LogP) is 2.60. The standard InChI is InChI=1S/C13H17NO2/c1-9-5-6-11(13(15)16)12(10(9)2)14-7-3-4-8-14/h5-6H,3-4,7-8H2,1-2H3,(H,15,16). The Morgan fingerprint density at radius 3 is 2.44 bits per heavy atom. The summed E-state index contributed by atoms with van der Waals surface area (Å²) < 4.78 is 0. The highest BCUT2D eigenvalue weighted by Crippen LogP contribution is 2.30. The lowest BCUT2D eigenvalue weighted by Gasteiger charge is -2.23. The minimum Gasteiger partial charge on any atom is -0.478 e.